The monoisotopic (exact) mass is 367 g/mol. The summed E-state index contributed by atoms with van der Waals surface area (Å²) in [6.45, 7) is 16.9. The van der Waals surface area contributed by atoms with Crippen molar-refractivity contribution in [1.82, 2.24) is 0 Å². The molecule has 0 aliphatic heterocycles. The number of aliphatic hydroxyl groups is 1. The fraction of sp³-hybridized carbons (Fsp3) is 1.00. The number of quaternary nitrogens is 1. The van der Waals surface area contributed by atoms with Gasteiger partial charge >= 0.3 is 0 Å². The van der Waals surface area contributed by atoms with E-state index in [1.165, 1.54) is 82.0 Å². The lowest BCUT2D eigenvalue weighted by molar-refractivity contribution is -0.929. The van der Waals surface area contributed by atoms with Crippen LogP contribution < -0.4 is 17.0 Å². The van der Waals surface area contributed by atoms with Gasteiger partial charge in [-0.2, -0.15) is 0 Å². The fourth-order valence-electron chi connectivity index (χ4n) is 2.64. The molecule has 0 aromatic rings. The quantitative estimate of drug-likeness (QED) is 0.523. The Kier molecular flexibility index (Phi) is 25.6. The summed E-state index contributed by atoms with van der Waals surface area (Å²) in [7, 11) is 0. The Morgan fingerprint density at radius 2 is 0.762 bits per heavy atom. The number of nitrogens with zero attached hydrogens (tertiary/aromatic N) is 1. The third-order valence-corrected chi connectivity index (χ3v) is 3.94. The minimum atomic E-state index is 0. The summed E-state index contributed by atoms with van der Waals surface area (Å²) >= 11 is 0. The SMILES string of the molecule is CCCC[N+](CCCC)(CCCC)CCCC.CCO.[Br-]. The standard InChI is InChI=1S/C16H36N.C2H6O.BrH/c1-5-9-13-17(14-10-6-2,15-11-7-3)16-12-8-4;1-2-3;/h5-16H2,1-4H3;3H,2H2,1H3;1H/q+1;;/p-1. The first kappa shape index (κ1) is 26.3. The molecule has 0 heterocycles. The predicted octanol–water partition coefficient (Wildman–Crippen LogP) is 2.01. The van der Waals surface area contributed by atoms with Crippen LogP contribution in [0.3, 0.4) is 0 Å². The lowest BCUT2D eigenvalue weighted by Crippen LogP contribution is -3.00. The molecule has 0 bridgehead atoms. The van der Waals surface area contributed by atoms with Gasteiger partial charge in [0.2, 0.25) is 0 Å². The zero-order valence-electron chi connectivity index (χ0n) is 15.5. The van der Waals surface area contributed by atoms with Crippen LogP contribution in [0.4, 0.5) is 0 Å². The van der Waals surface area contributed by atoms with Gasteiger partial charge in [0.05, 0.1) is 26.2 Å². The van der Waals surface area contributed by atoms with Gasteiger partial charge in [-0.25, -0.2) is 0 Å². The summed E-state index contributed by atoms with van der Waals surface area (Å²) in [4.78, 5) is 0. The molecule has 0 aliphatic rings. The molecule has 0 spiro atoms. The van der Waals surface area contributed by atoms with Crippen LogP contribution in [0.2, 0.25) is 0 Å². The molecule has 0 amide bonds. The van der Waals surface area contributed by atoms with Crippen LogP contribution >= 0.6 is 0 Å². The Morgan fingerprint density at radius 1 is 0.571 bits per heavy atom. The summed E-state index contributed by atoms with van der Waals surface area (Å²) in [5, 5.41) is 7.57. The fourth-order valence-corrected chi connectivity index (χ4v) is 2.64. The highest BCUT2D eigenvalue weighted by Crippen LogP contribution is 2.16. The van der Waals surface area contributed by atoms with Crippen molar-refractivity contribution in [3.05, 3.63) is 0 Å². The maximum Gasteiger partial charge on any atom is 0.0786 e. The van der Waals surface area contributed by atoms with E-state index in [0.717, 1.165) is 0 Å². The summed E-state index contributed by atoms with van der Waals surface area (Å²) < 4.78 is 1.42. The molecule has 21 heavy (non-hydrogen) atoms. The van der Waals surface area contributed by atoms with Crippen LogP contribution in [0, 0.1) is 0 Å². The number of hydrogen-bond donors (Lipinski definition) is 1. The summed E-state index contributed by atoms with van der Waals surface area (Å²) in [6.07, 6.45) is 11.1. The molecule has 3 heteroatoms. The normalized spacial score (nSPS) is 10.6. The average molecular weight is 368 g/mol. The average Bonchev–Trinajstić information content (AvgIpc) is 2.46. The highest BCUT2D eigenvalue weighted by atomic mass is 79.9. The van der Waals surface area contributed by atoms with Crippen LogP contribution in [0.15, 0.2) is 0 Å². The molecule has 0 aromatic heterocycles. The van der Waals surface area contributed by atoms with Crippen LogP contribution in [-0.4, -0.2) is 42.4 Å². The van der Waals surface area contributed by atoms with Gasteiger partial charge < -0.3 is 26.6 Å². The van der Waals surface area contributed by atoms with Crippen molar-refractivity contribution in [1.29, 1.82) is 0 Å². The molecular formula is C18H42BrNO. The molecule has 0 saturated heterocycles. The van der Waals surface area contributed by atoms with E-state index in [1.54, 1.807) is 6.92 Å². The lowest BCUT2D eigenvalue weighted by atomic mass is 10.1. The lowest BCUT2D eigenvalue weighted by Gasteiger charge is -2.39. The maximum absolute atomic E-state index is 7.57. The first-order valence-electron chi connectivity index (χ1n) is 9.12. The first-order valence-corrected chi connectivity index (χ1v) is 9.12. The van der Waals surface area contributed by atoms with Crippen molar-refractivity contribution in [2.75, 3.05) is 32.8 Å². The molecule has 2 nitrogen and oxygen atoms in total. The van der Waals surface area contributed by atoms with E-state index in [4.69, 9.17) is 5.11 Å². The van der Waals surface area contributed by atoms with Gasteiger partial charge in [0.25, 0.3) is 0 Å². The number of halogens is 1. The van der Waals surface area contributed by atoms with E-state index in [0.29, 0.717) is 0 Å². The smallest absolute Gasteiger partial charge is 0.0786 e. The number of rotatable bonds is 12. The Hall–Kier alpha value is 0.400. The zero-order valence-corrected chi connectivity index (χ0v) is 17.1. The van der Waals surface area contributed by atoms with Crippen molar-refractivity contribution in [3.8, 4) is 0 Å². The Morgan fingerprint density at radius 3 is 0.905 bits per heavy atom. The number of unbranched alkanes of at least 4 members (excludes halogenated alkanes) is 4. The second-order valence-electron chi connectivity index (χ2n) is 5.97. The predicted molar refractivity (Wildman–Crippen MR) is 92.1 cm³/mol. The van der Waals surface area contributed by atoms with Gasteiger partial charge in [0.1, 0.15) is 0 Å². The molecule has 0 rings (SSSR count). The summed E-state index contributed by atoms with van der Waals surface area (Å²) in [5.74, 6) is 0. The molecule has 0 atom stereocenters. The Bertz CT molecular complexity index is 139. The van der Waals surface area contributed by atoms with E-state index in [1.807, 2.05) is 0 Å². The number of aliphatic hydroxyl groups excluding tert-OH is 1. The maximum atomic E-state index is 7.57. The van der Waals surface area contributed by atoms with Gasteiger partial charge in [-0.15, -0.1) is 0 Å². The molecule has 0 aliphatic carbocycles. The second kappa shape index (κ2) is 20.4. The van der Waals surface area contributed by atoms with Crippen molar-refractivity contribution in [2.24, 2.45) is 0 Å². The molecule has 0 fully saturated rings. The van der Waals surface area contributed by atoms with E-state index >= 15 is 0 Å². The van der Waals surface area contributed by atoms with Crippen molar-refractivity contribution in [3.63, 3.8) is 0 Å². The first-order chi connectivity index (χ1) is 9.66. The van der Waals surface area contributed by atoms with Gasteiger partial charge in [-0.3, -0.25) is 0 Å². The highest BCUT2D eigenvalue weighted by molar-refractivity contribution is 4.49. The molecule has 132 valence electrons. The zero-order chi connectivity index (χ0) is 15.7. The minimum Gasteiger partial charge on any atom is -1.00 e. The molecule has 0 unspecified atom stereocenters. The number of hydrogen-bond acceptors (Lipinski definition) is 1. The largest absolute Gasteiger partial charge is 1.00 e. The third-order valence-electron chi connectivity index (χ3n) is 3.94. The van der Waals surface area contributed by atoms with Crippen molar-refractivity contribution in [2.45, 2.75) is 86.0 Å². The topological polar surface area (TPSA) is 20.2 Å². The summed E-state index contributed by atoms with van der Waals surface area (Å²) in [6, 6.07) is 0. The summed E-state index contributed by atoms with van der Waals surface area (Å²) in [5.41, 5.74) is 0. The molecule has 0 saturated carbocycles. The van der Waals surface area contributed by atoms with Crippen LogP contribution in [-0.2, 0) is 0 Å². The van der Waals surface area contributed by atoms with Gasteiger partial charge in [0, 0.05) is 6.61 Å². The van der Waals surface area contributed by atoms with Crippen LogP contribution in [0.1, 0.15) is 86.0 Å². The van der Waals surface area contributed by atoms with Crippen LogP contribution in [0.25, 0.3) is 0 Å². The molecular weight excluding hydrogens is 326 g/mol. The van der Waals surface area contributed by atoms with E-state index in [2.05, 4.69) is 27.7 Å². The van der Waals surface area contributed by atoms with E-state index < -0.39 is 0 Å². The van der Waals surface area contributed by atoms with Crippen molar-refractivity contribution < 1.29 is 26.6 Å². The third kappa shape index (κ3) is 16.6. The van der Waals surface area contributed by atoms with E-state index in [9.17, 15) is 0 Å². The highest BCUT2D eigenvalue weighted by Gasteiger charge is 2.24. The molecule has 0 aromatic carbocycles. The van der Waals surface area contributed by atoms with Gasteiger partial charge in [0.15, 0.2) is 0 Å². The Balaban J connectivity index is -0.000000740. The van der Waals surface area contributed by atoms with E-state index in [-0.39, 0.29) is 23.6 Å². The van der Waals surface area contributed by atoms with Gasteiger partial charge in [-0.1, -0.05) is 53.4 Å². The van der Waals surface area contributed by atoms with Crippen molar-refractivity contribution >= 4 is 0 Å². The molecule has 1 N–H and O–H groups in total. The minimum absolute atomic E-state index is 0. The van der Waals surface area contributed by atoms with Gasteiger partial charge in [-0.05, 0) is 32.6 Å². The van der Waals surface area contributed by atoms with Crippen LogP contribution in [0.5, 0.6) is 0 Å². The molecule has 0 radical (unpaired) electrons. The Labute approximate surface area is 145 Å². The second-order valence-corrected chi connectivity index (χ2v) is 5.97.